The lowest BCUT2D eigenvalue weighted by Gasteiger charge is -2.24. The fourth-order valence-corrected chi connectivity index (χ4v) is 2.56. The van der Waals surface area contributed by atoms with Gasteiger partial charge >= 0.3 is 5.97 Å². The first-order valence-corrected chi connectivity index (χ1v) is 7.28. The number of anilines is 1. The van der Waals surface area contributed by atoms with Gasteiger partial charge in [-0.2, -0.15) is 0 Å². The van der Waals surface area contributed by atoms with Gasteiger partial charge in [-0.15, -0.1) is 0 Å². The Balaban J connectivity index is 2.14. The summed E-state index contributed by atoms with van der Waals surface area (Å²) in [6.07, 6.45) is 0.0198. The van der Waals surface area contributed by atoms with Crippen molar-refractivity contribution in [2.45, 2.75) is 26.3 Å². The van der Waals surface area contributed by atoms with E-state index in [0.717, 1.165) is 4.90 Å². The Bertz CT molecular complexity index is 661. The van der Waals surface area contributed by atoms with Gasteiger partial charge in [0.05, 0.1) is 5.92 Å². The van der Waals surface area contributed by atoms with Crippen LogP contribution in [-0.2, 0) is 14.4 Å². The first-order valence-electron chi connectivity index (χ1n) is 7.28. The number of halogens is 1. The number of likely N-dealkylation sites (N-methyl/N-ethyl adjacent to an activating group) is 1. The number of hydrogen-bond donors (Lipinski definition) is 1. The average Bonchev–Trinajstić information content (AvgIpc) is 2.89. The molecule has 1 aliphatic heterocycles. The van der Waals surface area contributed by atoms with Gasteiger partial charge in [0.25, 0.3) is 0 Å². The lowest BCUT2D eigenvalue weighted by Crippen LogP contribution is -2.43. The summed E-state index contributed by atoms with van der Waals surface area (Å²) in [5.41, 5.74) is 0.958. The molecule has 1 aromatic rings. The van der Waals surface area contributed by atoms with E-state index < -0.39 is 17.9 Å². The van der Waals surface area contributed by atoms with Crippen molar-refractivity contribution in [1.29, 1.82) is 0 Å². The Morgan fingerprint density at radius 1 is 1.43 bits per heavy atom. The normalized spacial score (nSPS) is 18.9. The van der Waals surface area contributed by atoms with E-state index in [4.69, 9.17) is 5.11 Å². The average molecular weight is 322 g/mol. The molecule has 2 amide bonds. The molecule has 23 heavy (non-hydrogen) atoms. The molecule has 0 saturated carbocycles. The smallest absolute Gasteiger partial charge is 0.326 e. The van der Waals surface area contributed by atoms with Crippen LogP contribution in [0.2, 0.25) is 0 Å². The first-order chi connectivity index (χ1) is 10.7. The largest absolute Gasteiger partial charge is 0.480 e. The van der Waals surface area contributed by atoms with Crippen molar-refractivity contribution >= 4 is 23.5 Å². The van der Waals surface area contributed by atoms with Crippen LogP contribution in [0, 0.1) is 18.7 Å². The predicted molar refractivity (Wildman–Crippen MR) is 81.5 cm³/mol. The minimum absolute atomic E-state index is 0.0198. The Kier molecular flexibility index (Phi) is 4.68. The Morgan fingerprint density at radius 3 is 2.65 bits per heavy atom. The molecule has 2 unspecified atom stereocenters. The molecule has 1 fully saturated rings. The van der Waals surface area contributed by atoms with E-state index in [0.29, 0.717) is 11.3 Å². The second kappa shape index (κ2) is 6.36. The molecule has 124 valence electrons. The molecule has 0 aliphatic carbocycles. The summed E-state index contributed by atoms with van der Waals surface area (Å²) in [6.45, 7) is 3.18. The maximum atomic E-state index is 13.3. The molecule has 2 rings (SSSR count). The molecule has 0 bridgehead atoms. The Morgan fingerprint density at radius 2 is 2.09 bits per heavy atom. The summed E-state index contributed by atoms with van der Waals surface area (Å²) in [4.78, 5) is 38.1. The van der Waals surface area contributed by atoms with E-state index in [1.165, 1.54) is 31.0 Å². The number of rotatable bonds is 4. The number of benzene rings is 1. The number of carboxylic acid groups (broad SMARTS) is 1. The lowest BCUT2D eigenvalue weighted by atomic mass is 10.1. The van der Waals surface area contributed by atoms with Crippen molar-refractivity contribution in [2.75, 3.05) is 18.5 Å². The van der Waals surface area contributed by atoms with Crippen molar-refractivity contribution in [2.24, 2.45) is 5.92 Å². The maximum absolute atomic E-state index is 13.3. The molecule has 1 saturated heterocycles. The molecular weight excluding hydrogens is 303 g/mol. The van der Waals surface area contributed by atoms with Gasteiger partial charge in [-0.3, -0.25) is 9.59 Å². The van der Waals surface area contributed by atoms with Crippen molar-refractivity contribution in [3.8, 4) is 0 Å². The van der Waals surface area contributed by atoms with Crippen LogP contribution in [0.3, 0.4) is 0 Å². The molecule has 0 spiro atoms. The summed E-state index contributed by atoms with van der Waals surface area (Å²) < 4.78 is 13.3. The second-order valence-electron chi connectivity index (χ2n) is 5.80. The summed E-state index contributed by atoms with van der Waals surface area (Å²) in [7, 11) is 1.41. The zero-order chi connectivity index (χ0) is 17.3. The highest BCUT2D eigenvalue weighted by Crippen LogP contribution is 2.27. The third-order valence-electron chi connectivity index (χ3n) is 4.21. The number of carbonyl (C=O) groups excluding carboxylic acids is 2. The zero-order valence-corrected chi connectivity index (χ0v) is 13.2. The minimum Gasteiger partial charge on any atom is -0.480 e. The number of aryl methyl sites for hydroxylation is 1. The number of amides is 2. The molecule has 1 aliphatic rings. The summed E-state index contributed by atoms with van der Waals surface area (Å²) >= 11 is 0. The Hall–Kier alpha value is -2.44. The maximum Gasteiger partial charge on any atom is 0.326 e. The van der Waals surface area contributed by atoms with Crippen LogP contribution in [0.25, 0.3) is 0 Å². The van der Waals surface area contributed by atoms with Gasteiger partial charge in [0.15, 0.2) is 0 Å². The molecule has 7 heteroatoms. The van der Waals surface area contributed by atoms with Crippen molar-refractivity contribution in [1.82, 2.24) is 4.90 Å². The molecule has 0 aromatic heterocycles. The van der Waals surface area contributed by atoms with Gasteiger partial charge in [-0.1, -0.05) is 0 Å². The SMILES string of the molecule is Cc1cc(N2CC(C(=O)N(C)C(C)C(=O)O)CC2=O)ccc1F. The molecule has 1 aromatic carbocycles. The van der Waals surface area contributed by atoms with Crippen molar-refractivity contribution < 1.29 is 23.9 Å². The molecule has 0 radical (unpaired) electrons. The van der Waals surface area contributed by atoms with Crippen LogP contribution in [0.5, 0.6) is 0 Å². The lowest BCUT2D eigenvalue weighted by molar-refractivity contribution is -0.149. The van der Waals surface area contributed by atoms with E-state index >= 15 is 0 Å². The topological polar surface area (TPSA) is 77.9 Å². The number of aliphatic carboxylic acids is 1. The van der Waals surface area contributed by atoms with Gasteiger partial charge in [0, 0.05) is 25.7 Å². The number of nitrogens with zero attached hydrogens (tertiary/aromatic N) is 2. The van der Waals surface area contributed by atoms with Gasteiger partial charge in [-0.05, 0) is 37.6 Å². The van der Waals surface area contributed by atoms with Gasteiger partial charge in [0.1, 0.15) is 11.9 Å². The summed E-state index contributed by atoms with van der Waals surface area (Å²) in [5, 5.41) is 8.98. The van der Waals surface area contributed by atoms with E-state index in [1.807, 2.05) is 0 Å². The van der Waals surface area contributed by atoms with Crippen LogP contribution >= 0.6 is 0 Å². The van der Waals surface area contributed by atoms with Gasteiger partial charge in [-0.25, -0.2) is 9.18 Å². The quantitative estimate of drug-likeness (QED) is 0.909. The molecular formula is C16H19FN2O4. The Labute approximate surface area is 133 Å². The second-order valence-corrected chi connectivity index (χ2v) is 5.80. The highest BCUT2D eigenvalue weighted by Gasteiger charge is 2.38. The van der Waals surface area contributed by atoms with Crippen LogP contribution in [0.4, 0.5) is 10.1 Å². The van der Waals surface area contributed by atoms with E-state index in [1.54, 1.807) is 13.0 Å². The highest BCUT2D eigenvalue weighted by atomic mass is 19.1. The number of hydrogen-bond acceptors (Lipinski definition) is 3. The number of carboxylic acids is 1. The highest BCUT2D eigenvalue weighted by molar-refractivity contribution is 6.00. The van der Waals surface area contributed by atoms with Gasteiger partial charge < -0.3 is 14.9 Å². The van der Waals surface area contributed by atoms with E-state index in [2.05, 4.69) is 0 Å². The molecule has 6 nitrogen and oxygen atoms in total. The van der Waals surface area contributed by atoms with E-state index in [-0.39, 0.29) is 30.6 Å². The third-order valence-corrected chi connectivity index (χ3v) is 4.21. The minimum atomic E-state index is -1.10. The summed E-state index contributed by atoms with van der Waals surface area (Å²) in [6, 6.07) is 3.38. The fourth-order valence-electron chi connectivity index (χ4n) is 2.56. The van der Waals surface area contributed by atoms with Crippen molar-refractivity contribution in [3.63, 3.8) is 0 Å². The van der Waals surface area contributed by atoms with Crippen LogP contribution in [0.15, 0.2) is 18.2 Å². The summed E-state index contributed by atoms with van der Waals surface area (Å²) in [5.74, 6) is -2.67. The van der Waals surface area contributed by atoms with Crippen LogP contribution < -0.4 is 4.90 Å². The third kappa shape index (κ3) is 3.33. The zero-order valence-electron chi connectivity index (χ0n) is 13.2. The first kappa shape index (κ1) is 16.9. The van der Waals surface area contributed by atoms with E-state index in [9.17, 15) is 18.8 Å². The fraction of sp³-hybridized carbons (Fsp3) is 0.438. The van der Waals surface area contributed by atoms with Crippen LogP contribution in [-0.4, -0.2) is 47.4 Å². The van der Waals surface area contributed by atoms with Crippen molar-refractivity contribution in [3.05, 3.63) is 29.6 Å². The van der Waals surface area contributed by atoms with Gasteiger partial charge in [0.2, 0.25) is 11.8 Å². The van der Waals surface area contributed by atoms with Crippen LogP contribution in [0.1, 0.15) is 18.9 Å². The molecule has 2 atom stereocenters. The number of carbonyl (C=O) groups is 3. The monoisotopic (exact) mass is 322 g/mol. The molecule has 1 N–H and O–H groups in total. The molecule has 1 heterocycles. The predicted octanol–water partition coefficient (Wildman–Crippen LogP) is 1.42. The standard InChI is InChI=1S/C16H19FN2O4/c1-9-6-12(4-5-13(9)17)19-8-11(7-14(19)20)15(21)18(3)10(2)16(22)23/h4-6,10-11H,7-8H2,1-3H3,(H,22,23).